The van der Waals surface area contributed by atoms with Crippen LogP contribution in [0.15, 0.2) is 28.7 Å². The first-order valence-corrected chi connectivity index (χ1v) is 6.64. The summed E-state index contributed by atoms with van der Waals surface area (Å²) < 4.78 is 1.18. The molecule has 16 heavy (non-hydrogen) atoms. The van der Waals surface area contributed by atoms with Gasteiger partial charge in [0, 0.05) is 24.1 Å². The van der Waals surface area contributed by atoms with E-state index in [0.29, 0.717) is 0 Å². The van der Waals surface area contributed by atoms with E-state index in [4.69, 9.17) is 0 Å². The first kappa shape index (κ1) is 13.7. The maximum absolute atomic E-state index is 3.54. The number of halogens is 1. The van der Waals surface area contributed by atoms with Crippen molar-refractivity contribution in [2.45, 2.75) is 20.4 Å². The fourth-order valence-electron chi connectivity index (χ4n) is 1.43. The van der Waals surface area contributed by atoms with Crippen LogP contribution in [0.2, 0.25) is 0 Å². The highest BCUT2D eigenvalue weighted by atomic mass is 79.9. The molecule has 0 bridgehead atoms. The zero-order valence-corrected chi connectivity index (χ0v) is 11.7. The number of rotatable bonds is 7. The van der Waals surface area contributed by atoms with Crippen LogP contribution in [0.3, 0.4) is 0 Å². The summed E-state index contributed by atoms with van der Waals surface area (Å²) in [6, 6.07) is 8.32. The minimum absolute atomic E-state index is 0.725. The first-order chi connectivity index (χ1) is 7.70. The first-order valence-electron chi connectivity index (χ1n) is 5.85. The van der Waals surface area contributed by atoms with Crippen molar-refractivity contribution in [3.63, 3.8) is 0 Å². The summed E-state index contributed by atoms with van der Waals surface area (Å²) in [6.07, 6.45) is 0. The zero-order chi connectivity index (χ0) is 11.8. The smallest absolute Gasteiger partial charge is 0.0220 e. The van der Waals surface area contributed by atoms with Gasteiger partial charge in [-0.1, -0.05) is 48.0 Å². The van der Waals surface area contributed by atoms with Crippen molar-refractivity contribution in [3.05, 3.63) is 34.3 Å². The quantitative estimate of drug-likeness (QED) is 0.753. The van der Waals surface area contributed by atoms with Crippen molar-refractivity contribution in [1.82, 2.24) is 10.6 Å². The molecular weight excluding hydrogens is 264 g/mol. The van der Waals surface area contributed by atoms with E-state index in [-0.39, 0.29) is 0 Å². The van der Waals surface area contributed by atoms with Gasteiger partial charge in [-0.2, -0.15) is 0 Å². The van der Waals surface area contributed by atoms with E-state index < -0.39 is 0 Å². The molecule has 2 nitrogen and oxygen atoms in total. The van der Waals surface area contributed by atoms with Crippen LogP contribution >= 0.6 is 15.9 Å². The molecule has 3 heteroatoms. The van der Waals surface area contributed by atoms with Gasteiger partial charge in [-0.15, -0.1) is 0 Å². The topological polar surface area (TPSA) is 24.1 Å². The van der Waals surface area contributed by atoms with Crippen LogP contribution in [0.4, 0.5) is 0 Å². The van der Waals surface area contributed by atoms with Gasteiger partial charge >= 0.3 is 0 Å². The lowest BCUT2D eigenvalue weighted by Gasteiger charge is -2.09. The summed E-state index contributed by atoms with van der Waals surface area (Å²) in [7, 11) is 0. The standard InChI is InChI=1S/C13H21BrN2/c1-11(2)9-15-7-8-16-10-12-5-3-4-6-13(12)14/h3-6,11,15-16H,7-10H2,1-2H3. The second-order valence-electron chi connectivity index (χ2n) is 4.37. The maximum atomic E-state index is 3.54. The van der Waals surface area contributed by atoms with Crippen molar-refractivity contribution >= 4 is 15.9 Å². The van der Waals surface area contributed by atoms with Crippen LogP contribution < -0.4 is 10.6 Å². The van der Waals surface area contributed by atoms with Gasteiger partial charge in [0.1, 0.15) is 0 Å². The summed E-state index contributed by atoms with van der Waals surface area (Å²) in [6.45, 7) is 8.50. The van der Waals surface area contributed by atoms with Crippen molar-refractivity contribution in [1.29, 1.82) is 0 Å². The van der Waals surface area contributed by atoms with Crippen molar-refractivity contribution in [2.24, 2.45) is 5.92 Å². The minimum Gasteiger partial charge on any atom is -0.315 e. The third kappa shape index (κ3) is 5.64. The van der Waals surface area contributed by atoms with Crippen LogP contribution in [-0.2, 0) is 6.54 Å². The molecule has 0 radical (unpaired) electrons. The Morgan fingerprint density at radius 2 is 1.81 bits per heavy atom. The molecule has 0 fully saturated rings. The molecule has 1 aromatic rings. The molecule has 0 saturated heterocycles. The third-order valence-corrected chi connectivity index (χ3v) is 3.08. The summed E-state index contributed by atoms with van der Waals surface area (Å²) in [5.74, 6) is 0.725. The largest absolute Gasteiger partial charge is 0.315 e. The van der Waals surface area contributed by atoms with Gasteiger partial charge in [0.05, 0.1) is 0 Å². The Morgan fingerprint density at radius 3 is 2.50 bits per heavy atom. The molecule has 90 valence electrons. The average molecular weight is 285 g/mol. The predicted octanol–water partition coefficient (Wildman–Crippen LogP) is 2.78. The van der Waals surface area contributed by atoms with Crippen molar-refractivity contribution < 1.29 is 0 Å². The van der Waals surface area contributed by atoms with Crippen LogP contribution in [-0.4, -0.2) is 19.6 Å². The lowest BCUT2D eigenvalue weighted by atomic mass is 10.2. The second-order valence-corrected chi connectivity index (χ2v) is 5.22. The van der Waals surface area contributed by atoms with E-state index >= 15 is 0 Å². The Balaban J connectivity index is 2.10. The molecule has 0 saturated carbocycles. The van der Waals surface area contributed by atoms with Gasteiger partial charge in [-0.05, 0) is 24.1 Å². The lowest BCUT2D eigenvalue weighted by Crippen LogP contribution is -2.29. The second kappa shape index (κ2) is 7.82. The van der Waals surface area contributed by atoms with Crippen LogP contribution in [0, 0.1) is 5.92 Å². The monoisotopic (exact) mass is 284 g/mol. The minimum atomic E-state index is 0.725. The molecule has 0 atom stereocenters. The maximum Gasteiger partial charge on any atom is 0.0220 e. The molecular formula is C13H21BrN2. The Hall–Kier alpha value is -0.380. The third-order valence-electron chi connectivity index (χ3n) is 2.30. The van der Waals surface area contributed by atoms with Gasteiger partial charge in [0.2, 0.25) is 0 Å². The summed E-state index contributed by atoms with van der Waals surface area (Å²) >= 11 is 3.54. The Kier molecular flexibility index (Phi) is 6.69. The number of benzene rings is 1. The van der Waals surface area contributed by atoms with E-state index in [1.165, 1.54) is 10.0 Å². The number of nitrogens with one attached hydrogen (secondary N) is 2. The Bertz CT molecular complexity index is 300. The van der Waals surface area contributed by atoms with Gasteiger partial charge in [-0.3, -0.25) is 0 Å². The molecule has 0 aliphatic rings. The fraction of sp³-hybridized carbons (Fsp3) is 0.538. The molecule has 0 heterocycles. The van der Waals surface area contributed by atoms with Gasteiger partial charge in [-0.25, -0.2) is 0 Å². The SMILES string of the molecule is CC(C)CNCCNCc1ccccc1Br. The Morgan fingerprint density at radius 1 is 1.12 bits per heavy atom. The zero-order valence-electron chi connectivity index (χ0n) is 10.1. The molecule has 2 N–H and O–H groups in total. The molecule has 0 aliphatic heterocycles. The molecule has 0 aliphatic carbocycles. The van der Waals surface area contributed by atoms with Gasteiger partial charge in [0.25, 0.3) is 0 Å². The van der Waals surface area contributed by atoms with Gasteiger partial charge in [0.15, 0.2) is 0 Å². The predicted molar refractivity (Wildman–Crippen MR) is 73.6 cm³/mol. The molecule has 0 unspecified atom stereocenters. The van der Waals surface area contributed by atoms with Crippen LogP contribution in [0.1, 0.15) is 19.4 Å². The average Bonchev–Trinajstić information content (AvgIpc) is 2.25. The highest BCUT2D eigenvalue weighted by Gasteiger charge is 1.97. The number of hydrogen-bond donors (Lipinski definition) is 2. The molecule has 1 aromatic carbocycles. The fourth-order valence-corrected chi connectivity index (χ4v) is 1.86. The Labute approximate surface area is 107 Å². The molecule has 0 aromatic heterocycles. The summed E-state index contributed by atoms with van der Waals surface area (Å²) in [5, 5.41) is 6.84. The molecule has 0 spiro atoms. The normalized spacial score (nSPS) is 11.0. The van der Waals surface area contributed by atoms with E-state index in [1.807, 2.05) is 6.07 Å². The van der Waals surface area contributed by atoms with E-state index in [9.17, 15) is 0 Å². The van der Waals surface area contributed by atoms with Crippen molar-refractivity contribution in [2.75, 3.05) is 19.6 Å². The summed E-state index contributed by atoms with van der Waals surface area (Å²) in [5.41, 5.74) is 1.31. The highest BCUT2D eigenvalue weighted by Crippen LogP contribution is 2.14. The van der Waals surface area contributed by atoms with Crippen LogP contribution in [0.5, 0.6) is 0 Å². The van der Waals surface area contributed by atoms with E-state index in [1.54, 1.807) is 0 Å². The van der Waals surface area contributed by atoms with Crippen molar-refractivity contribution in [3.8, 4) is 0 Å². The number of hydrogen-bond acceptors (Lipinski definition) is 2. The highest BCUT2D eigenvalue weighted by molar-refractivity contribution is 9.10. The lowest BCUT2D eigenvalue weighted by molar-refractivity contribution is 0.535. The van der Waals surface area contributed by atoms with E-state index in [0.717, 1.165) is 32.1 Å². The van der Waals surface area contributed by atoms with E-state index in [2.05, 4.69) is 58.6 Å². The van der Waals surface area contributed by atoms with Crippen LogP contribution in [0.25, 0.3) is 0 Å². The molecule has 1 rings (SSSR count). The summed E-state index contributed by atoms with van der Waals surface area (Å²) in [4.78, 5) is 0. The van der Waals surface area contributed by atoms with Gasteiger partial charge < -0.3 is 10.6 Å². The molecule has 0 amide bonds.